The number of methoxy groups -OCH3 is 1. The van der Waals surface area contributed by atoms with E-state index in [1.54, 1.807) is 0 Å². The number of hydrogen-bond donors (Lipinski definition) is 3. The van der Waals surface area contributed by atoms with Gasteiger partial charge in [0.05, 0.1) is 7.11 Å². The first kappa shape index (κ1) is 20.2. The summed E-state index contributed by atoms with van der Waals surface area (Å²) < 4.78 is 32.6. The minimum Gasteiger partial charge on any atom is -0.495 e. The summed E-state index contributed by atoms with van der Waals surface area (Å²) in [4.78, 5) is 23.6. The molecule has 0 unspecified atom stereocenters. The number of carbonyl (C=O) groups is 2. The number of carbonyl (C=O) groups excluding carboxylic acids is 1. The van der Waals surface area contributed by atoms with E-state index in [2.05, 4.69) is 10.0 Å². The fourth-order valence-corrected chi connectivity index (χ4v) is 3.95. The van der Waals surface area contributed by atoms with Crippen molar-refractivity contribution in [3.8, 4) is 5.75 Å². The van der Waals surface area contributed by atoms with Crippen LogP contribution in [-0.2, 0) is 14.8 Å². The van der Waals surface area contributed by atoms with Crippen molar-refractivity contribution in [3.63, 3.8) is 0 Å². The third-order valence-electron chi connectivity index (χ3n) is 3.93. The van der Waals surface area contributed by atoms with E-state index in [1.165, 1.54) is 25.3 Å². The van der Waals surface area contributed by atoms with Gasteiger partial charge in [0.1, 0.15) is 16.7 Å². The van der Waals surface area contributed by atoms with Crippen LogP contribution in [-0.4, -0.2) is 44.6 Å². The van der Waals surface area contributed by atoms with Gasteiger partial charge < -0.3 is 15.2 Å². The molecule has 9 heteroatoms. The Hall–Kier alpha value is -2.13. The molecule has 0 bridgehead atoms. The lowest BCUT2D eigenvalue weighted by atomic mass is 10.0. The highest BCUT2D eigenvalue weighted by Crippen LogP contribution is 2.28. The van der Waals surface area contributed by atoms with E-state index in [4.69, 9.17) is 4.74 Å². The average molecular weight is 384 g/mol. The Balaban J connectivity index is 2.27. The number of benzene rings is 1. The van der Waals surface area contributed by atoms with Crippen molar-refractivity contribution in [1.82, 2.24) is 10.0 Å². The van der Waals surface area contributed by atoms with Gasteiger partial charge in [-0.15, -0.1) is 0 Å². The van der Waals surface area contributed by atoms with E-state index in [9.17, 15) is 23.1 Å². The van der Waals surface area contributed by atoms with Gasteiger partial charge in [0.15, 0.2) is 0 Å². The van der Waals surface area contributed by atoms with E-state index >= 15 is 0 Å². The SMILES string of the molecule is COc1ccc(C(=O)N[C@@H](CC(C)C)C(=O)O)cc1S(=O)(=O)NC1CC1. The normalized spacial score (nSPS) is 15.5. The maximum atomic E-state index is 12.5. The maximum Gasteiger partial charge on any atom is 0.326 e. The van der Waals surface area contributed by atoms with Gasteiger partial charge in [0.2, 0.25) is 10.0 Å². The molecule has 1 atom stereocenters. The number of aliphatic carboxylic acids is 1. The first-order valence-corrected chi connectivity index (χ1v) is 9.86. The zero-order valence-electron chi connectivity index (χ0n) is 15.0. The molecule has 1 fully saturated rings. The molecule has 144 valence electrons. The first-order valence-electron chi connectivity index (χ1n) is 8.38. The van der Waals surface area contributed by atoms with E-state index in [1.807, 2.05) is 13.8 Å². The third kappa shape index (κ3) is 5.18. The van der Waals surface area contributed by atoms with Crippen molar-refractivity contribution in [2.75, 3.05) is 7.11 Å². The zero-order valence-corrected chi connectivity index (χ0v) is 15.8. The maximum absolute atomic E-state index is 12.5. The number of carboxylic acid groups (broad SMARTS) is 1. The van der Waals surface area contributed by atoms with Crippen LogP contribution >= 0.6 is 0 Å². The fourth-order valence-electron chi connectivity index (χ4n) is 2.45. The summed E-state index contributed by atoms with van der Waals surface area (Å²) in [6.45, 7) is 3.70. The van der Waals surface area contributed by atoms with Crippen molar-refractivity contribution in [1.29, 1.82) is 0 Å². The molecule has 0 aromatic heterocycles. The number of ether oxygens (including phenoxy) is 1. The molecule has 0 heterocycles. The second-order valence-corrected chi connectivity index (χ2v) is 8.44. The fraction of sp³-hybridized carbons (Fsp3) is 0.529. The molecular weight excluding hydrogens is 360 g/mol. The second-order valence-electron chi connectivity index (χ2n) is 6.76. The van der Waals surface area contributed by atoms with Crippen molar-refractivity contribution in [2.24, 2.45) is 5.92 Å². The molecule has 1 aliphatic rings. The molecule has 8 nitrogen and oxygen atoms in total. The van der Waals surface area contributed by atoms with Crippen molar-refractivity contribution < 1.29 is 27.9 Å². The molecular formula is C17H24N2O6S. The molecule has 1 saturated carbocycles. The summed E-state index contributed by atoms with van der Waals surface area (Å²) in [5, 5.41) is 11.7. The molecule has 1 aromatic rings. The van der Waals surface area contributed by atoms with E-state index < -0.39 is 27.9 Å². The van der Waals surface area contributed by atoms with E-state index in [0.717, 1.165) is 12.8 Å². The smallest absolute Gasteiger partial charge is 0.326 e. The highest BCUT2D eigenvalue weighted by atomic mass is 32.2. The Kier molecular flexibility index (Phi) is 6.25. The summed E-state index contributed by atoms with van der Waals surface area (Å²) in [6, 6.07) is 2.85. The van der Waals surface area contributed by atoms with Crippen LogP contribution in [0, 0.1) is 5.92 Å². The summed E-state index contributed by atoms with van der Waals surface area (Å²) >= 11 is 0. The molecule has 2 rings (SSSR count). The Labute approximate surface area is 153 Å². The monoisotopic (exact) mass is 384 g/mol. The zero-order chi connectivity index (χ0) is 19.5. The van der Waals surface area contributed by atoms with E-state index in [-0.39, 0.29) is 34.6 Å². The predicted molar refractivity (Wildman–Crippen MR) is 94.7 cm³/mol. The standard InChI is InChI=1S/C17H24N2O6S/c1-10(2)8-13(17(21)22)18-16(20)11-4-7-14(25-3)15(9-11)26(23,24)19-12-5-6-12/h4,7,9-10,12-13,19H,5-6,8H2,1-3H3,(H,18,20)(H,21,22)/t13-/m0/s1. The molecule has 0 radical (unpaired) electrons. The Morgan fingerprint density at radius 2 is 1.96 bits per heavy atom. The highest BCUT2D eigenvalue weighted by molar-refractivity contribution is 7.89. The van der Waals surface area contributed by atoms with Crippen molar-refractivity contribution in [3.05, 3.63) is 23.8 Å². The van der Waals surface area contributed by atoms with Crippen LogP contribution in [0.1, 0.15) is 43.5 Å². The molecule has 26 heavy (non-hydrogen) atoms. The summed E-state index contributed by atoms with van der Waals surface area (Å²) in [5.74, 6) is -1.59. The van der Waals surface area contributed by atoms with Crippen molar-refractivity contribution >= 4 is 21.9 Å². The van der Waals surface area contributed by atoms with Crippen molar-refractivity contribution in [2.45, 2.75) is 50.1 Å². The lowest BCUT2D eigenvalue weighted by Gasteiger charge is -2.17. The van der Waals surface area contributed by atoms with Gasteiger partial charge in [-0.25, -0.2) is 17.9 Å². The third-order valence-corrected chi connectivity index (χ3v) is 5.47. The summed E-state index contributed by atoms with van der Waals surface area (Å²) in [5.41, 5.74) is 0.0528. The number of sulfonamides is 1. The number of carboxylic acids is 1. The lowest BCUT2D eigenvalue weighted by Crippen LogP contribution is -2.41. The number of rotatable bonds is 9. The van der Waals surface area contributed by atoms with Gasteiger partial charge >= 0.3 is 5.97 Å². The van der Waals surface area contributed by atoms with Gasteiger partial charge in [-0.05, 0) is 43.4 Å². The quantitative estimate of drug-likeness (QED) is 0.591. The summed E-state index contributed by atoms with van der Waals surface area (Å²) in [7, 11) is -2.49. The molecule has 0 saturated heterocycles. The minimum absolute atomic E-state index is 0.0528. The molecule has 1 amide bonds. The number of amides is 1. The molecule has 0 aliphatic heterocycles. The molecule has 3 N–H and O–H groups in total. The van der Waals surface area contributed by atoms with E-state index in [0.29, 0.717) is 0 Å². The van der Waals surface area contributed by atoms with Crippen LogP contribution in [0.15, 0.2) is 23.1 Å². The number of nitrogens with one attached hydrogen (secondary N) is 2. The molecule has 1 aliphatic carbocycles. The average Bonchev–Trinajstić information content (AvgIpc) is 3.36. The molecule has 0 spiro atoms. The molecule has 1 aromatic carbocycles. The summed E-state index contributed by atoms with van der Waals surface area (Å²) in [6.07, 6.45) is 1.82. The van der Waals surface area contributed by atoms with Gasteiger partial charge in [0, 0.05) is 11.6 Å². The largest absolute Gasteiger partial charge is 0.495 e. The minimum atomic E-state index is -3.83. The van der Waals surface area contributed by atoms with Gasteiger partial charge in [-0.2, -0.15) is 0 Å². The van der Waals surface area contributed by atoms with Gasteiger partial charge in [-0.3, -0.25) is 4.79 Å². The van der Waals surface area contributed by atoms with Crippen LogP contribution in [0.2, 0.25) is 0 Å². The van der Waals surface area contributed by atoms with Crippen LogP contribution in [0.25, 0.3) is 0 Å². The van der Waals surface area contributed by atoms with Gasteiger partial charge in [-0.1, -0.05) is 13.8 Å². The highest BCUT2D eigenvalue weighted by Gasteiger charge is 2.30. The Morgan fingerprint density at radius 1 is 1.31 bits per heavy atom. The Morgan fingerprint density at radius 3 is 2.46 bits per heavy atom. The van der Waals surface area contributed by atoms with Crippen LogP contribution < -0.4 is 14.8 Å². The lowest BCUT2D eigenvalue weighted by molar-refractivity contribution is -0.139. The topological polar surface area (TPSA) is 122 Å². The second kappa shape index (κ2) is 8.05. The van der Waals surface area contributed by atoms with Crippen LogP contribution in [0.3, 0.4) is 0 Å². The van der Waals surface area contributed by atoms with Gasteiger partial charge in [0.25, 0.3) is 5.91 Å². The Bertz CT molecular complexity index is 786. The number of hydrogen-bond acceptors (Lipinski definition) is 5. The van der Waals surface area contributed by atoms with Crippen LogP contribution in [0.4, 0.5) is 0 Å². The first-order chi connectivity index (χ1) is 12.1. The van der Waals surface area contributed by atoms with Crippen LogP contribution in [0.5, 0.6) is 5.75 Å². The predicted octanol–water partition coefficient (Wildman–Crippen LogP) is 1.36.